The Balaban J connectivity index is 0.00000240. The van der Waals surface area contributed by atoms with Gasteiger partial charge in [0.05, 0.1) is 6.54 Å². The molecule has 0 unspecified atom stereocenters. The van der Waals surface area contributed by atoms with Gasteiger partial charge in [-0.3, -0.25) is 9.69 Å². The highest BCUT2D eigenvalue weighted by Crippen LogP contribution is 2.18. The fraction of sp³-hybridized carbons (Fsp3) is 0.286. The molecule has 0 spiro atoms. The average Bonchev–Trinajstić information content (AvgIpc) is 3.18. The predicted molar refractivity (Wildman–Crippen MR) is 114 cm³/mol. The first-order valence-corrected chi connectivity index (χ1v) is 9.35. The Morgan fingerprint density at radius 1 is 1.03 bits per heavy atom. The maximum Gasteiger partial charge on any atom is 0.253 e. The highest BCUT2D eigenvalue weighted by molar-refractivity contribution is 5.94. The lowest BCUT2D eigenvalue weighted by molar-refractivity contribution is 0.0615. The van der Waals surface area contributed by atoms with E-state index in [1.54, 1.807) is 24.3 Å². The van der Waals surface area contributed by atoms with Crippen molar-refractivity contribution in [2.24, 2.45) is 0 Å². The third kappa shape index (κ3) is 4.93. The standard InChI is InChI=1S/C21H23N5O2.ClH/c1-15-2-4-16(5-3-15)20-23-19(28-24-20)14-25-10-12-26(13-11-25)21(27)17-6-8-18(22)9-7-17;/h2-9H,10-14,22H2,1H3;1H. The van der Waals surface area contributed by atoms with Crippen molar-refractivity contribution in [3.8, 4) is 11.4 Å². The molecule has 0 radical (unpaired) electrons. The van der Waals surface area contributed by atoms with Crippen molar-refractivity contribution >= 4 is 24.0 Å². The number of nitrogens with zero attached hydrogens (tertiary/aromatic N) is 4. The smallest absolute Gasteiger partial charge is 0.253 e. The molecule has 0 atom stereocenters. The van der Waals surface area contributed by atoms with Crippen LogP contribution in [0.5, 0.6) is 0 Å². The second-order valence-electron chi connectivity index (χ2n) is 7.07. The number of amides is 1. The lowest BCUT2D eigenvalue weighted by Gasteiger charge is -2.34. The van der Waals surface area contributed by atoms with Crippen LogP contribution in [-0.2, 0) is 6.54 Å². The Hall–Kier alpha value is -2.90. The molecule has 0 bridgehead atoms. The summed E-state index contributed by atoms with van der Waals surface area (Å²) < 4.78 is 5.41. The second-order valence-corrected chi connectivity index (χ2v) is 7.07. The molecule has 152 valence electrons. The number of rotatable bonds is 4. The zero-order valence-corrected chi connectivity index (χ0v) is 17.1. The van der Waals surface area contributed by atoms with Crippen LogP contribution in [0.15, 0.2) is 53.1 Å². The van der Waals surface area contributed by atoms with Crippen LogP contribution in [0, 0.1) is 6.92 Å². The minimum absolute atomic E-state index is 0. The molecule has 1 aromatic heterocycles. The normalized spacial score (nSPS) is 14.4. The zero-order valence-electron chi connectivity index (χ0n) is 16.2. The number of carbonyl (C=O) groups is 1. The fourth-order valence-corrected chi connectivity index (χ4v) is 3.25. The summed E-state index contributed by atoms with van der Waals surface area (Å²) in [5, 5.41) is 4.08. The number of carbonyl (C=O) groups excluding carboxylic acids is 1. The molecular formula is C21H24ClN5O2. The zero-order chi connectivity index (χ0) is 19.5. The van der Waals surface area contributed by atoms with Gasteiger partial charge in [-0.15, -0.1) is 12.4 Å². The number of nitrogen functional groups attached to an aromatic ring is 1. The van der Waals surface area contributed by atoms with Crippen LogP contribution in [0.1, 0.15) is 21.8 Å². The van der Waals surface area contributed by atoms with Crippen LogP contribution in [0.4, 0.5) is 5.69 Å². The maximum atomic E-state index is 12.6. The number of piperazine rings is 1. The van der Waals surface area contributed by atoms with E-state index in [2.05, 4.69) is 15.0 Å². The highest BCUT2D eigenvalue weighted by atomic mass is 35.5. The minimum atomic E-state index is 0. The monoisotopic (exact) mass is 413 g/mol. The molecule has 0 saturated carbocycles. The van der Waals surface area contributed by atoms with Crippen LogP contribution in [0.2, 0.25) is 0 Å². The summed E-state index contributed by atoms with van der Waals surface area (Å²) >= 11 is 0. The molecule has 29 heavy (non-hydrogen) atoms. The Morgan fingerprint density at radius 3 is 2.34 bits per heavy atom. The summed E-state index contributed by atoms with van der Waals surface area (Å²) in [6.07, 6.45) is 0. The van der Waals surface area contributed by atoms with Crippen molar-refractivity contribution < 1.29 is 9.32 Å². The Kier molecular flexibility index (Phi) is 6.51. The molecule has 1 aliphatic rings. The average molecular weight is 414 g/mol. The van der Waals surface area contributed by atoms with Crippen molar-refractivity contribution in [3.63, 3.8) is 0 Å². The second kappa shape index (κ2) is 9.07. The summed E-state index contributed by atoms with van der Waals surface area (Å²) in [4.78, 5) is 21.2. The topological polar surface area (TPSA) is 88.5 Å². The van der Waals surface area contributed by atoms with Gasteiger partial charge in [0.15, 0.2) is 0 Å². The third-order valence-electron chi connectivity index (χ3n) is 4.95. The van der Waals surface area contributed by atoms with Crippen molar-refractivity contribution in [1.82, 2.24) is 19.9 Å². The quantitative estimate of drug-likeness (QED) is 0.661. The summed E-state index contributed by atoms with van der Waals surface area (Å²) in [6.45, 7) is 5.50. The van der Waals surface area contributed by atoms with Gasteiger partial charge in [-0.25, -0.2) is 0 Å². The highest BCUT2D eigenvalue weighted by Gasteiger charge is 2.23. The van der Waals surface area contributed by atoms with Gasteiger partial charge in [-0.05, 0) is 31.2 Å². The maximum absolute atomic E-state index is 12.6. The van der Waals surface area contributed by atoms with Crippen LogP contribution < -0.4 is 5.73 Å². The van der Waals surface area contributed by atoms with Crippen molar-refractivity contribution in [2.45, 2.75) is 13.5 Å². The number of aromatic nitrogens is 2. The molecule has 1 amide bonds. The number of nitrogens with two attached hydrogens (primary N) is 1. The van der Waals surface area contributed by atoms with E-state index in [1.165, 1.54) is 5.56 Å². The molecule has 4 rings (SSSR count). The molecule has 3 aromatic rings. The number of aryl methyl sites for hydroxylation is 1. The van der Waals surface area contributed by atoms with E-state index in [4.69, 9.17) is 10.3 Å². The van der Waals surface area contributed by atoms with Crippen LogP contribution in [-0.4, -0.2) is 52.0 Å². The molecular weight excluding hydrogens is 390 g/mol. The van der Waals surface area contributed by atoms with Gasteiger partial charge in [0.2, 0.25) is 11.7 Å². The Labute approximate surface area is 175 Å². The first-order chi connectivity index (χ1) is 13.6. The number of halogens is 1. The van der Waals surface area contributed by atoms with E-state index in [-0.39, 0.29) is 18.3 Å². The van der Waals surface area contributed by atoms with E-state index in [9.17, 15) is 4.79 Å². The van der Waals surface area contributed by atoms with Crippen molar-refractivity contribution in [1.29, 1.82) is 0 Å². The van der Waals surface area contributed by atoms with Gasteiger partial charge in [0, 0.05) is 43.0 Å². The van der Waals surface area contributed by atoms with E-state index >= 15 is 0 Å². The third-order valence-corrected chi connectivity index (χ3v) is 4.95. The molecule has 7 nitrogen and oxygen atoms in total. The molecule has 0 aliphatic carbocycles. The van der Waals surface area contributed by atoms with Gasteiger partial charge in [0.25, 0.3) is 5.91 Å². The first-order valence-electron chi connectivity index (χ1n) is 9.35. The predicted octanol–water partition coefficient (Wildman–Crippen LogP) is 3.01. The van der Waals surface area contributed by atoms with Crippen LogP contribution in [0.25, 0.3) is 11.4 Å². The van der Waals surface area contributed by atoms with Gasteiger partial charge >= 0.3 is 0 Å². The van der Waals surface area contributed by atoms with Gasteiger partial charge in [-0.1, -0.05) is 35.0 Å². The van der Waals surface area contributed by atoms with Crippen LogP contribution in [0.3, 0.4) is 0 Å². The molecule has 2 N–H and O–H groups in total. The lowest BCUT2D eigenvalue weighted by Crippen LogP contribution is -2.48. The van der Waals surface area contributed by atoms with Gasteiger partial charge in [0.1, 0.15) is 0 Å². The summed E-state index contributed by atoms with van der Waals surface area (Å²) in [5.41, 5.74) is 9.16. The molecule has 8 heteroatoms. The molecule has 1 saturated heterocycles. The van der Waals surface area contributed by atoms with Crippen LogP contribution >= 0.6 is 12.4 Å². The largest absolute Gasteiger partial charge is 0.399 e. The van der Waals surface area contributed by atoms with E-state index in [1.807, 2.05) is 36.1 Å². The van der Waals surface area contributed by atoms with E-state index < -0.39 is 0 Å². The number of hydrogen-bond acceptors (Lipinski definition) is 6. The molecule has 1 fully saturated rings. The number of anilines is 1. The first kappa shape index (κ1) is 20.8. The van der Waals surface area contributed by atoms with Gasteiger partial charge in [-0.2, -0.15) is 4.98 Å². The van der Waals surface area contributed by atoms with Crippen molar-refractivity contribution in [2.75, 3.05) is 31.9 Å². The fourth-order valence-electron chi connectivity index (χ4n) is 3.25. The molecule has 2 heterocycles. The Morgan fingerprint density at radius 2 is 1.69 bits per heavy atom. The van der Waals surface area contributed by atoms with E-state index in [0.29, 0.717) is 42.6 Å². The SMILES string of the molecule is Cc1ccc(-c2noc(CN3CCN(C(=O)c4ccc(N)cc4)CC3)n2)cc1.Cl. The summed E-state index contributed by atoms with van der Waals surface area (Å²) in [5.74, 6) is 1.24. The van der Waals surface area contributed by atoms with Gasteiger partial charge < -0.3 is 15.2 Å². The van der Waals surface area contributed by atoms with Crippen molar-refractivity contribution in [3.05, 3.63) is 65.5 Å². The Bertz CT molecular complexity index is 948. The lowest BCUT2D eigenvalue weighted by atomic mass is 10.1. The molecule has 2 aromatic carbocycles. The number of hydrogen-bond donors (Lipinski definition) is 1. The summed E-state index contributed by atoms with van der Waals surface area (Å²) in [6, 6.07) is 15.1. The minimum Gasteiger partial charge on any atom is -0.399 e. The van der Waals surface area contributed by atoms with E-state index in [0.717, 1.165) is 18.7 Å². The summed E-state index contributed by atoms with van der Waals surface area (Å²) in [7, 11) is 0. The number of benzene rings is 2. The molecule has 1 aliphatic heterocycles.